The maximum Gasteiger partial charge on any atom is 0.298 e. The third-order valence-corrected chi connectivity index (χ3v) is 15.4. The quantitative estimate of drug-likeness (QED) is 0.106. The zero-order valence-corrected chi connectivity index (χ0v) is 49.7. The van der Waals surface area contributed by atoms with Crippen LogP contribution in [-0.4, -0.2) is 175 Å². The standard InChI is InChI=1S/C23H25N5O2.C22H23N5O2.C21H21N5O2/c1-4-17-15-25-28-16-19(30-6-3)13-20(23(17)28)18-7-8-21(24-14-18)26-9-11-27(12-10-26)22(29)5-2;1-4-21(28)26-10-8-25(9-11-26)20-7-6-17(14-23-20)19-12-18(29-5-2)15-27-22(19)16(3)13-24-27;1-3-21(27)25-11-9-24(10-12-25)20-6-5-16(14-22-20)18-13-17(28-4-2)15-26-19(18)7-8-23-26/h2,7-8,13-16H,4,6,9-12H2,1,3H3;1,6-7,12-15H,5,8-11H2,2-3H3;1,5-8,13-15H,4,9-12H2,2H3. The number of rotatable bonds is 13. The van der Waals surface area contributed by atoms with Gasteiger partial charge in [-0.25, -0.2) is 28.5 Å². The van der Waals surface area contributed by atoms with E-state index in [0.717, 1.165) is 96.6 Å². The van der Waals surface area contributed by atoms with Crippen molar-refractivity contribution < 1.29 is 28.6 Å². The van der Waals surface area contributed by atoms with Gasteiger partial charge in [-0.15, -0.1) is 19.3 Å². The van der Waals surface area contributed by atoms with Gasteiger partial charge in [-0.05, 0) is 124 Å². The number of carbonyl (C=O) groups is 3. The van der Waals surface area contributed by atoms with Gasteiger partial charge < -0.3 is 43.6 Å². The molecule has 3 fully saturated rings. The molecule has 0 N–H and O–H groups in total. The van der Waals surface area contributed by atoms with Gasteiger partial charge in [-0.2, -0.15) is 15.3 Å². The first-order chi connectivity index (χ1) is 42.4. The molecule has 12 heterocycles. The smallest absolute Gasteiger partial charge is 0.298 e. The second-order valence-corrected chi connectivity index (χ2v) is 20.7. The molecule has 0 bridgehead atoms. The summed E-state index contributed by atoms with van der Waals surface area (Å²) in [7, 11) is 0. The van der Waals surface area contributed by atoms with E-state index >= 15 is 0 Å². The molecule has 0 radical (unpaired) electrons. The first kappa shape index (κ1) is 59.6. The predicted octanol–water partition coefficient (Wildman–Crippen LogP) is 7.10. The summed E-state index contributed by atoms with van der Waals surface area (Å²) in [6.45, 7) is 19.8. The predicted molar refractivity (Wildman–Crippen MR) is 336 cm³/mol. The lowest BCUT2D eigenvalue weighted by Crippen LogP contribution is -2.48. The summed E-state index contributed by atoms with van der Waals surface area (Å²) in [5.74, 6) is 10.8. The fourth-order valence-electron chi connectivity index (χ4n) is 11.0. The molecule has 21 nitrogen and oxygen atoms in total. The van der Waals surface area contributed by atoms with E-state index in [0.29, 0.717) is 98.4 Å². The lowest BCUT2D eigenvalue weighted by Gasteiger charge is -2.34. The molecule has 9 aromatic rings. The first-order valence-corrected chi connectivity index (χ1v) is 29.2. The number of ether oxygens (including phenoxy) is 3. The van der Waals surface area contributed by atoms with Gasteiger partial charge in [-0.1, -0.05) is 6.92 Å². The van der Waals surface area contributed by atoms with Crippen LogP contribution in [0, 0.1) is 44.0 Å². The summed E-state index contributed by atoms with van der Waals surface area (Å²) in [4.78, 5) is 60.5. The minimum atomic E-state index is -0.248. The van der Waals surface area contributed by atoms with Crippen LogP contribution in [0.4, 0.5) is 17.5 Å². The van der Waals surface area contributed by atoms with Crippen LogP contribution in [0.15, 0.2) is 116 Å². The molecule has 3 amide bonds. The minimum Gasteiger partial charge on any atom is -0.492 e. The molecule has 9 aromatic heterocycles. The van der Waals surface area contributed by atoms with Gasteiger partial charge in [0.15, 0.2) is 0 Å². The monoisotopic (exact) mass is 1170 g/mol. The lowest BCUT2D eigenvalue weighted by atomic mass is 10.0. The van der Waals surface area contributed by atoms with Crippen LogP contribution in [0.25, 0.3) is 49.9 Å². The number of nitrogens with zero attached hydrogens (tertiary/aromatic N) is 15. The molecular formula is C66H69N15O6. The third kappa shape index (κ3) is 13.4. The van der Waals surface area contributed by atoms with Crippen molar-refractivity contribution in [2.45, 2.75) is 41.0 Å². The Hall–Kier alpha value is -10.6. The molecule has 0 atom stereocenters. The van der Waals surface area contributed by atoms with Gasteiger partial charge >= 0.3 is 0 Å². The van der Waals surface area contributed by atoms with E-state index in [9.17, 15) is 14.4 Å². The summed E-state index contributed by atoms with van der Waals surface area (Å²) in [5, 5.41) is 13.3. The van der Waals surface area contributed by atoms with Crippen LogP contribution < -0.4 is 28.9 Å². The lowest BCUT2D eigenvalue weighted by molar-refractivity contribution is -0.126. The highest BCUT2D eigenvalue weighted by Gasteiger charge is 2.25. The van der Waals surface area contributed by atoms with Gasteiger partial charge in [-0.3, -0.25) is 14.4 Å². The van der Waals surface area contributed by atoms with Crippen molar-refractivity contribution >= 4 is 51.7 Å². The molecule has 3 aliphatic rings. The number of pyridine rings is 6. The average Bonchev–Trinajstić information content (AvgIpc) is 2.29. The summed E-state index contributed by atoms with van der Waals surface area (Å²) in [6, 6.07) is 20.3. The number of hydrogen-bond acceptors (Lipinski definition) is 15. The van der Waals surface area contributed by atoms with E-state index in [1.807, 2.05) is 127 Å². The molecule has 444 valence electrons. The SMILES string of the molecule is C#CC(=O)N1CCN(c2ccc(-c3cc(OCC)cn4ncc(C)c34)cn2)CC1.C#CC(=O)N1CCN(c2ccc(-c3cc(OCC)cn4ncc(CC)c34)cn2)CC1.C#CC(=O)N1CCN(c2ccc(-c3cc(OCC)cn4nccc34)cn2)CC1. The second kappa shape index (κ2) is 27.4. The van der Waals surface area contributed by atoms with Crippen molar-refractivity contribution in [2.24, 2.45) is 0 Å². The summed E-state index contributed by atoms with van der Waals surface area (Å²) in [5.41, 5.74) is 11.5. The highest BCUT2D eigenvalue weighted by Crippen LogP contribution is 2.34. The van der Waals surface area contributed by atoms with E-state index in [4.69, 9.17) is 38.5 Å². The Bertz CT molecular complexity index is 4020. The van der Waals surface area contributed by atoms with E-state index in [-0.39, 0.29) is 17.7 Å². The zero-order chi connectivity index (χ0) is 61.0. The average molecular weight is 1170 g/mol. The van der Waals surface area contributed by atoms with Crippen LogP contribution in [0.5, 0.6) is 17.2 Å². The van der Waals surface area contributed by atoms with Crippen LogP contribution in [0.3, 0.4) is 0 Å². The van der Waals surface area contributed by atoms with Crippen molar-refractivity contribution in [3.8, 4) is 87.7 Å². The number of fused-ring (bicyclic) bond motifs is 3. The Kier molecular flexibility index (Phi) is 18.8. The molecule has 3 saturated heterocycles. The molecule has 0 saturated carbocycles. The van der Waals surface area contributed by atoms with Crippen molar-refractivity contribution in [3.63, 3.8) is 0 Å². The minimum absolute atomic E-state index is 0.247. The maximum absolute atomic E-state index is 11.7. The first-order valence-electron chi connectivity index (χ1n) is 29.2. The second-order valence-electron chi connectivity index (χ2n) is 20.7. The molecule has 0 aliphatic carbocycles. The van der Waals surface area contributed by atoms with Crippen LogP contribution >= 0.6 is 0 Å². The fraction of sp³-hybridized carbons (Fsp3) is 0.318. The summed E-state index contributed by atoms with van der Waals surface area (Å²) < 4.78 is 22.7. The van der Waals surface area contributed by atoms with Gasteiger partial charge in [0, 0.05) is 131 Å². The Morgan fingerprint density at radius 1 is 0.460 bits per heavy atom. The van der Waals surface area contributed by atoms with Gasteiger partial charge in [0.05, 0.1) is 73.6 Å². The molecule has 12 rings (SSSR count). The Morgan fingerprint density at radius 3 is 1.23 bits per heavy atom. The number of anilines is 3. The molecule has 0 spiro atoms. The summed E-state index contributed by atoms with van der Waals surface area (Å²) >= 11 is 0. The number of aromatic nitrogens is 9. The van der Waals surface area contributed by atoms with Gasteiger partial charge in [0.1, 0.15) is 34.7 Å². The largest absolute Gasteiger partial charge is 0.492 e. The topological polar surface area (TPSA) is 189 Å². The third-order valence-electron chi connectivity index (χ3n) is 15.4. The number of piperazine rings is 3. The molecule has 21 heteroatoms. The van der Waals surface area contributed by atoms with Crippen molar-refractivity contribution in [3.05, 3.63) is 128 Å². The van der Waals surface area contributed by atoms with E-state index < -0.39 is 0 Å². The van der Waals surface area contributed by atoms with Gasteiger partial charge in [0.2, 0.25) is 0 Å². The van der Waals surface area contributed by atoms with E-state index in [1.165, 1.54) is 5.56 Å². The Morgan fingerprint density at radius 2 is 0.839 bits per heavy atom. The van der Waals surface area contributed by atoms with Crippen molar-refractivity contribution in [2.75, 3.05) is 113 Å². The number of carbonyl (C=O) groups excluding carboxylic acids is 3. The Labute approximate surface area is 506 Å². The van der Waals surface area contributed by atoms with Crippen molar-refractivity contribution in [1.29, 1.82) is 0 Å². The maximum atomic E-state index is 11.7. The molecule has 0 unspecified atom stereocenters. The molecular weight excluding hydrogens is 1100 g/mol. The summed E-state index contributed by atoms with van der Waals surface area (Å²) in [6.07, 6.45) is 33.4. The molecule has 0 aromatic carbocycles. The Balaban J connectivity index is 0.000000145. The van der Waals surface area contributed by atoms with Crippen LogP contribution in [0.1, 0.15) is 38.8 Å². The molecule has 3 aliphatic heterocycles. The normalized spacial score (nSPS) is 14.1. The number of aryl methyl sites for hydroxylation is 2. The van der Waals surface area contributed by atoms with Crippen LogP contribution in [0.2, 0.25) is 0 Å². The van der Waals surface area contributed by atoms with E-state index in [2.05, 4.69) is 88.9 Å². The highest BCUT2D eigenvalue weighted by molar-refractivity contribution is 5.94. The zero-order valence-electron chi connectivity index (χ0n) is 49.7. The number of terminal acetylenes is 3. The number of hydrogen-bond donors (Lipinski definition) is 0. The van der Waals surface area contributed by atoms with Crippen LogP contribution in [-0.2, 0) is 20.8 Å². The molecule has 87 heavy (non-hydrogen) atoms. The fourth-order valence-corrected chi connectivity index (χ4v) is 11.0. The number of amides is 3. The van der Waals surface area contributed by atoms with E-state index in [1.54, 1.807) is 20.9 Å². The van der Waals surface area contributed by atoms with Crippen molar-refractivity contribution in [1.82, 2.24) is 58.5 Å². The van der Waals surface area contributed by atoms with Gasteiger partial charge in [0.25, 0.3) is 17.7 Å². The highest BCUT2D eigenvalue weighted by atomic mass is 16.5.